The average Bonchev–Trinajstić information content (AvgIpc) is 2.32. The Morgan fingerprint density at radius 2 is 1.35 bits per heavy atom. The molecular formula is C13H28BF4NO. The topological polar surface area (TPSA) is 9.23 Å². The predicted molar refractivity (Wildman–Crippen MR) is 75.2 cm³/mol. The van der Waals surface area contributed by atoms with Crippen LogP contribution in [0.25, 0.3) is 0 Å². The highest BCUT2D eigenvalue weighted by molar-refractivity contribution is 6.50. The molecular weight excluding hydrogens is 273 g/mol. The molecule has 0 unspecified atom stereocenters. The van der Waals surface area contributed by atoms with Crippen LogP contribution in [-0.4, -0.2) is 51.6 Å². The van der Waals surface area contributed by atoms with Crippen molar-refractivity contribution in [2.45, 2.75) is 45.4 Å². The summed E-state index contributed by atoms with van der Waals surface area (Å²) in [6.45, 7) is 8.00. The van der Waals surface area contributed by atoms with Gasteiger partial charge in [0.2, 0.25) is 0 Å². The van der Waals surface area contributed by atoms with E-state index in [1.165, 1.54) is 62.6 Å². The normalized spacial score (nSPS) is 18.3. The largest absolute Gasteiger partial charge is 0.673 e. The molecule has 1 heterocycles. The molecule has 0 bridgehead atoms. The summed E-state index contributed by atoms with van der Waals surface area (Å²) in [6, 6.07) is 0. The van der Waals surface area contributed by atoms with Gasteiger partial charge in [-0.1, -0.05) is 32.6 Å². The fourth-order valence-corrected chi connectivity index (χ4v) is 2.28. The summed E-state index contributed by atoms with van der Waals surface area (Å²) in [4.78, 5) is 0. The van der Waals surface area contributed by atoms with E-state index in [-0.39, 0.29) is 0 Å². The smallest absolute Gasteiger partial charge is 0.418 e. The van der Waals surface area contributed by atoms with Crippen LogP contribution in [0.4, 0.5) is 17.3 Å². The molecule has 0 aromatic carbocycles. The van der Waals surface area contributed by atoms with Crippen LogP contribution in [0.3, 0.4) is 0 Å². The van der Waals surface area contributed by atoms with Crippen LogP contribution in [0.5, 0.6) is 0 Å². The monoisotopic (exact) mass is 301 g/mol. The summed E-state index contributed by atoms with van der Waals surface area (Å²) in [7, 11) is -3.62. The van der Waals surface area contributed by atoms with E-state index in [2.05, 4.69) is 14.0 Å². The molecule has 0 atom stereocenters. The minimum absolute atomic E-state index is 0.965. The molecule has 0 radical (unpaired) electrons. The zero-order valence-corrected chi connectivity index (χ0v) is 12.7. The Morgan fingerprint density at radius 1 is 0.900 bits per heavy atom. The first-order chi connectivity index (χ1) is 9.27. The van der Waals surface area contributed by atoms with E-state index < -0.39 is 7.25 Å². The van der Waals surface area contributed by atoms with Gasteiger partial charge in [0.05, 0.1) is 26.8 Å². The van der Waals surface area contributed by atoms with Crippen molar-refractivity contribution >= 4 is 7.25 Å². The lowest BCUT2D eigenvalue weighted by atomic mass is 10.1. The third-order valence-electron chi connectivity index (χ3n) is 3.60. The van der Waals surface area contributed by atoms with Gasteiger partial charge in [-0.25, -0.2) is 0 Å². The number of quaternary nitrogens is 1. The van der Waals surface area contributed by atoms with Gasteiger partial charge in [0.25, 0.3) is 0 Å². The number of morpholine rings is 1. The maximum Gasteiger partial charge on any atom is 0.673 e. The summed E-state index contributed by atoms with van der Waals surface area (Å²) in [5, 5.41) is 0. The molecule has 1 fully saturated rings. The second kappa shape index (κ2) is 10.4. The van der Waals surface area contributed by atoms with Gasteiger partial charge in [0, 0.05) is 0 Å². The lowest BCUT2D eigenvalue weighted by Gasteiger charge is -2.37. The molecule has 0 aromatic heterocycles. The third-order valence-corrected chi connectivity index (χ3v) is 3.60. The first-order valence-corrected chi connectivity index (χ1v) is 7.55. The van der Waals surface area contributed by atoms with Gasteiger partial charge in [-0.05, 0) is 12.8 Å². The second-order valence-corrected chi connectivity index (χ2v) is 5.67. The quantitative estimate of drug-likeness (QED) is 0.297. The van der Waals surface area contributed by atoms with Gasteiger partial charge in [-0.2, -0.15) is 0 Å². The highest BCUT2D eigenvalue weighted by Gasteiger charge is 2.24. The second-order valence-electron chi connectivity index (χ2n) is 5.67. The van der Waals surface area contributed by atoms with Gasteiger partial charge < -0.3 is 26.5 Å². The molecule has 0 saturated carbocycles. The van der Waals surface area contributed by atoms with Crippen LogP contribution in [-0.2, 0) is 4.74 Å². The molecule has 1 aliphatic heterocycles. The minimum Gasteiger partial charge on any atom is -0.418 e. The Labute approximate surface area is 120 Å². The fourth-order valence-electron chi connectivity index (χ4n) is 2.28. The average molecular weight is 301 g/mol. The first kappa shape index (κ1) is 19.7. The number of rotatable bonds is 7. The van der Waals surface area contributed by atoms with E-state index in [4.69, 9.17) is 4.74 Å². The summed E-state index contributed by atoms with van der Waals surface area (Å²) < 4.78 is 45.7. The van der Waals surface area contributed by atoms with Crippen molar-refractivity contribution in [1.82, 2.24) is 0 Å². The van der Waals surface area contributed by atoms with Gasteiger partial charge >= 0.3 is 7.25 Å². The van der Waals surface area contributed by atoms with Crippen LogP contribution in [0.15, 0.2) is 0 Å². The van der Waals surface area contributed by atoms with Crippen molar-refractivity contribution in [3.05, 3.63) is 0 Å². The number of halogens is 4. The lowest BCUT2D eigenvalue weighted by molar-refractivity contribution is -0.917. The highest BCUT2D eigenvalue weighted by Crippen LogP contribution is 2.12. The van der Waals surface area contributed by atoms with Crippen LogP contribution < -0.4 is 0 Å². The van der Waals surface area contributed by atoms with Crippen LogP contribution in [0.2, 0.25) is 0 Å². The molecule has 7 heteroatoms. The first-order valence-electron chi connectivity index (χ1n) is 7.55. The number of likely N-dealkylation sites (N-methyl/N-ethyl adjacent to an activating group) is 1. The Hall–Kier alpha value is -0.295. The van der Waals surface area contributed by atoms with E-state index >= 15 is 0 Å². The summed E-state index contributed by atoms with van der Waals surface area (Å²) in [5.41, 5.74) is 0. The summed E-state index contributed by atoms with van der Waals surface area (Å²) in [5.74, 6) is 0. The van der Waals surface area contributed by atoms with Crippen LogP contribution >= 0.6 is 0 Å². The molecule has 1 saturated heterocycles. The molecule has 1 rings (SSSR count). The zero-order valence-electron chi connectivity index (χ0n) is 12.7. The van der Waals surface area contributed by atoms with E-state index in [9.17, 15) is 17.3 Å². The molecule has 1 aliphatic rings. The zero-order chi connectivity index (χ0) is 15.5. The maximum absolute atomic E-state index is 9.75. The van der Waals surface area contributed by atoms with Crippen molar-refractivity contribution in [1.29, 1.82) is 0 Å². The van der Waals surface area contributed by atoms with E-state index in [0.29, 0.717) is 0 Å². The van der Waals surface area contributed by atoms with E-state index in [0.717, 1.165) is 13.2 Å². The summed E-state index contributed by atoms with van der Waals surface area (Å²) in [6.07, 6.45) is 8.47. The Kier molecular flexibility index (Phi) is 10.3. The predicted octanol–water partition coefficient (Wildman–Crippen LogP) is 4.12. The number of nitrogens with zero attached hydrogens (tertiary/aromatic N) is 1. The molecule has 2 nitrogen and oxygen atoms in total. The standard InChI is InChI=1S/C13H28NO.BF4/c1-3-4-5-6-7-8-9-14(2)10-12-15-13-11-14;2-1(3,4)5/h3-13H2,1-2H3;/q+1;-1. The molecule has 20 heavy (non-hydrogen) atoms. The van der Waals surface area contributed by atoms with Crippen LogP contribution in [0, 0.1) is 0 Å². The summed E-state index contributed by atoms with van der Waals surface area (Å²) >= 11 is 0. The van der Waals surface area contributed by atoms with Crippen molar-refractivity contribution in [3.63, 3.8) is 0 Å². The van der Waals surface area contributed by atoms with Gasteiger partial charge in [-0.3, -0.25) is 0 Å². The van der Waals surface area contributed by atoms with Crippen LogP contribution in [0.1, 0.15) is 45.4 Å². The van der Waals surface area contributed by atoms with Gasteiger partial charge in [0.1, 0.15) is 13.1 Å². The number of unbranched alkanes of at least 4 members (excludes halogenated alkanes) is 5. The molecule has 0 aliphatic carbocycles. The van der Waals surface area contributed by atoms with Crippen molar-refractivity contribution < 1.29 is 26.5 Å². The number of hydrogen-bond donors (Lipinski definition) is 0. The number of hydrogen-bond acceptors (Lipinski definition) is 1. The van der Waals surface area contributed by atoms with Crippen molar-refractivity contribution in [2.75, 3.05) is 39.9 Å². The highest BCUT2D eigenvalue weighted by atomic mass is 19.5. The molecule has 0 aromatic rings. The lowest BCUT2D eigenvalue weighted by Crippen LogP contribution is -2.52. The van der Waals surface area contributed by atoms with E-state index in [1.807, 2.05) is 0 Å². The Bertz CT molecular complexity index is 227. The Balaban J connectivity index is 0.000000621. The molecule has 0 amide bonds. The minimum atomic E-state index is -6.00. The molecule has 0 N–H and O–H groups in total. The van der Waals surface area contributed by atoms with Crippen molar-refractivity contribution in [3.8, 4) is 0 Å². The fraction of sp³-hybridized carbons (Fsp3) is 1.00. The number of ether oxygens (including phenoxy) is 1. The van der Waals surface area contributed by atoms with Crippen molar-refractivity contribution in [2.24, 2.45) is 0 Å². The SMILES string of the molecule is CCCCCCCC[N+]1(C)CCOCC1.F[B-](F)(F)F. The maximum atomic E-state index is 9.75. The van der Waals surface area contributed by atoms with E-state index in [1.54, 1.807) is 0 Å². The molecule has 0 spiro atoms. The van der Waals surface area contributed by atoms with Gasteiger partial charge in [-0.15, -0.1) is 0 Å². The third kappa shape index (κ3) is 14.1. The molecule has 122 valence electrons. The Morgan fingerprint density at radius 3 is 1.85 bits per heavy atom. The van der Waals surface area contributed by atoms with Gasteiger partial charge in [0.15, 0.2) is 0 Å².